The number of carboxylic acids is 2. The van der Waals surface area contributed by atoms with E-state index in [0.717, 1.165) is 0 Å². The number of rotatable bonds is 6. The van der Waals surface area contributed by atoms with E-state index in [2.05, 4.69) is 11.3 Å². The number of carbonyl (C=O) groups is 3. The van der Waals surface area contributed by atoms with Crippen LogP contribution in [0.4, 0.5) is 0 Å². The summed E-state index contributed by atoms with van der Waals surface area (Å²) >= 11 is 0. The first-order valence-electron chi connectivity index (χ1n) is 6.31. The molecule has 1 aliphatic rings. The number of hydrogen-bond donors (Lipinski definition) is 3. The number of aliphatic carboxylic acids is 2. The van der Waals surface area contributed by atoms with Crippen molar-refractivity contribution in [1.82, 2.24) is 0 Å². The predicted octanol–water partition coefficient (Wildman–Crippen LogP) is 0.424. The zero-order valence-corrected chi connectivity index (χ0v) is 11.0. The molecule has 112 valence electrons. The maximum atomic E-state index is 11.8. The Bertz CT molecular complexity index is 428. The molecule has 0 radical (unpaired) electrons. The van der Waals surface area contributed by atoms with Crippen LogP contribution in [0.2, 0.25) is 0 Å². The number of ether oxygens (including phenoxy) is 1. The van der Waals surface area contributed by atoms with Gasteiger partial charge in [0.1, 0.15) is 12.0 Å². The summed E-state index contributed by atoms with van der Waals surface area (Å²) in [7, 11) is 0. The summed E-state index contributed by atoms with van der Waals surface area (Å²) in [5.74, 6) is -4.82. The highest BCUT2D eigenvalue weighted by atomic mass is 16.5. The van der Waals surface area contributed by atoms with Gasteiger partial charge in [-0.3, -0.25) is 9.59 Å². The molecule has 7 nitrogen and oxygen atoms in total. The second-order valence-electron chi connectivity index (χ2n) is 4.75. The minimum atomic E-state index is -1.84. The maximum Gasteiger partial charge on any atom is 0.334 e. The molecule has 0 bridgehead atoms. The van der Waals surface area contributed by atoms with Gasteiger partial charge in [0.15, 0.2) is 0 Å². The number of aliphatic hydroxyl groups excluding tert-OH is 1. The van der Waals surface area contributed by atoms with Crippen molar-refractivity contribution in [3.8, 4) is 0 Å². The molecule has 0 aromatic carbocycles. The van der Waals surface area contributed by atoms with Gasteiger partial charge in [0, 0.05) is 5.57 Å². The molecule has 20 heavy (non-hydrogen) atoms. The van der Waals surface area contributed by atoms with Crippen molar-refractivity contribution >= 4 is 17.9 Å². The topological polar surface area (TPSA) is 121 Å². The van der Waals surface area contributed by atoms with Crippen molar-refractivity contribution < 1.29 is 34.4 Å². The summed E-state index contributed by atoms with van der Waals surface area (Å²) < 4.78 is 4.66. The normalized spacial score (nSPS) is 25.8. The Morgan fingerprint density at radius 1 is 1.25 bits per heavy atom. The van der Waals surface area contributed by atoms with Gasteiger partial charge < -0.3 is 20.1 Å². The van der Waals surface area contributed by atoms with E-state index in [1.165, 1.54) is 0 Å². The molecular weight excluding hydrogens is 268 g/mol. The molecule has 1 rings (SSSR count). The lowest BCUT2D eigenvalue weighted by atomic mass is 9.62. The van der Waals surface area contributed by atoms with E-state index in [9.17, 15) is 24.6 Å². The van der Waals surface area contributed by atoms with Crippen LogP contribution in [0.5, 0.6) is 0 Å². The van der Waals surface area contributed by atoms with E-state index in [4.69, 9.17) is 5.11 Å². The third-order valence-electron chi connectivity index (χ3n) is 3.70. The van der Waals surface area contributed by atoms with Crippen molar-refractivity contribution in [1.29, 1.82) is 0 Å². The number of carbonyl (C=O) groups excluding carboxylic acids is 1. The molecule has 1 saturated carbocycles. The molecule has 2 atom stereocenters. The van der Waals surface area contributed by atoms with Gasteiger partial charge in [-0.25, -0.2) is 4.79 Å². The number of carboxylic acid groups (broad SMARTS) is 2. The van der Waals surface area contributed by atoms with E-state index < -0.39 is 35.8 Å². The van der Waals surface area contributed by atoms with E-state index in [1.54, 1.807) is 0 Å². The Balaban J connectivity index is 3.12. The lowest BCUT2D eigenvalue weighted by Crippen LogP contribution is -2.48. The molecule has 0 aliphatic heterocycles. The van der Waals surface area contributed by atoms with Crippen LogP contribution < -0.4 is 0 Å². The quantitative estimate of drug-likeness (QED) is 0.478. The minimum absolute atomic E-state index is 0.0341. The molecular formula is C13H18O7. The van der Waals surface area contributed by atoms with Crippen LogP contribution in [0.15, 0.2) is 12.2 Å². The highest BCUT2D eigenvalue weighted by Gasteiger charge is 2.55. The molecule has 1 aliphatic carbocycles. The van der Waals surface area contributed by atoms with Crippen molar-refractivity contribution in [2.24, 2.45) is 11.3 Å². The largest absolute Gasteiger partial charge is 0.481 e. The summed E-state index contributed by atoms with van der Waals surface area (Å²) in [5, 5.41) is 27.3. The standard InChI is InChI=1S/C13H18O7/c1-8(11(17)20-7-6-14)13(12(18)19)5-3-2-4-9(13)10(15)16/h9,14H,1-7H2,(H,15,16)(H,18,19). The van der Waals surface area contributed by atoms with Gasteiger partial charge in [-0.1, -0.05) is 19.4 Å². The average molecular weight is 286 g/mol. The Morgan fingerprint density at radius 3 is 2.40 bits per heavy atom. The van der Waals surface area contributed by atoms with Crippen LogP contribution in [0.3, 0.4) is 0 Å². The SMILES string of the molecule is C=C(C(=O)OCCO)C1(C(=O)O)CCCCC1C(=O)O. The number of hydrogen-bond acceptors (Lipinski definition) is 5. The first kappa shape index (κ1) is 16.2. The molecule has 3 N–H and O–H groups in total. The molecule has 1 fully saturated rings. The fraction of sp³-hybridized carbons (Fsp3) is 0.615. The van der Waals surface area contributed by atoms with Crippen LogP contribution in [-0.2, 0) is 19.1 Å². The molecule has 0 saturated heterocycles. The molecule has 2 unspecified atom stereocenters. The van der Waals surface area contributed by atoms with Crippen molar-refractivity contribution in [2.75, 3.05) is 13.2 Å². The monoisotopic (exact) mass is 286 g/mol. The lowest BCUT2D eigenvalue weighted by Gasteiger charge is -2.38. The van der Waals surface area contributed by atoms with Gasteiger partial charge in [0.25, 0.3) is 0 Å². The first-order valence-corrected chi connectivity index (χ1v) is 6.31. The second-order valence-corrected chi connectivity index (χ2v) is 4.75. The first-order chi connectivity index (χ1) is 9.37. The van der Waals surface area contributed by atoms with Gasteiger partial charge in [-0.2, -0.15) is 0 Å². The van der Waals surface area contributed by atoms with Crippen molar-refractivity contribution in [3.63, 3.8) is 0 Å². The fourth-order valence-electron chi connectivity index (χ4n) is 2.66. The van der Waals surface area contributed by atoms with E-state index in [-0.39, 0.29) is 25.0 Å². The zero-order valence-electron chi connectivity index (χ0n) is 11.0. The maximum absolute atomic E-state index is 11.8. The zero-order chi connectivity index (χ0) is 15.3. The summed E-state index contributed by atoms with van der Waals surface area (Å²) in [6.07, 6.45) is 1.30. The number of aliphatic hydroxyl groups is 1. The van der Waals surface area contributed by atoms with Crippen LogP contribution in [0.1, 0.15) is 25.7 Å². The second kappa shape index (κ2) is 6.51. The fourth-order valence-corrected chi connectivity index (χ4v) is 2.66. The Morgan fingerprint density at radius 2 is 1.90 bits per heavy atom. The molecule has 0 heterocycles. The van der Waals surface area contributed by atoms with Gasteiger partial charge in [0.2, 0.25) is 0 Å². The van der Waals surface area contributed by atoms with E-state index in [1.807, 2.05) is 0 Å². The molecule has 7 heteroatoms. The van der Waals surface area contributed by atoms with Crippen molar-refractivity contribution in [2.45, 2.75) is 25.7 Å². The van der Waals surface area contributed by atoms with Crippen LogP contribution in [0, 0.1) is 11.3 Å². The Kier molecular flexibility index (Phi) is 5.26. The summed E-state index contributed by atoms with van der Waals surface area (Å²) in [6, 6.07) is 0. The smallest absolute Gasteiger partial charge is 0.334 e. The van der Waals surface area contributed by atoms with Crippen LogP contribution >= 0.6 is 0 Å². The molecule has 0 spiro atoms. The number of esters is 1. The molecule has 0 amide bonds. The summed E-state index contributed by atoms with van der Waals surface area (Å²) in [4.78, 5) is 34.7. The van der Waals surface area contributed by atoms with Gasteiger partial charge in [-0.05, 0) is 12.8 Å². The molecule has 0 aromatic heterocycles. The average Bonchev–Trinajstić information content (AvgIpc) is 2.43. The van der Waals surface area contributed by atoms with Crippen LogP contribution in [0.25, 0.3) is 0 Å². The van der Waals surface area contributed by atoms with Gasteiger partial charge in [-0.15, -0.1) is 0 Å². The Labute approximate surface area is 115 Å². The highest BCUT2D eigenvalue weighted by molar-refractivity contribution is 5.99. The summed E-state index contributed by atoms with van der Waals surface area (Å²) in [6.45, 7) is 2.77. The highest BCUT2D eigenvalue weighted by Crippen LogP contribution is 2.47. The van der Waals surface area contributed by atoms with Crippen LogP contribution in [-0.4, -0.2) is 46.4 Å². The van der Waals surface area contributed by atoms with Gasteiger partial charge in [0.05, 0.1) is 12.5 Å². The third kappa shape index (κ3) is 2.82. The summed E-state index contributed by atoms with van der Waals surface area (Å²) in [5.41, 5.74) is -2.21. The third-order valence-corrected chi connectivity index (χ3v) is 3.70. The van der Waals surface area contributed by atoms with E-state index >= 15 is 0 Å². The lowest BCUT2D eigenvalue weighted by molar-refractivity contribution is -0.165. The Hall–Kier alpha value is -1.89. The van der Waals surface area contributed by atoms with Crippen molar-refractivity contribution in [3.05, 3.63) is 12.2 Å². The molecule has 0 aromatic rings. The minimum Gasteiger partial charge on any atom is -0.481 e. The predicted molar refractivity (Wildman–Crippen MR) is 66.8 cm³/mol. The van der Waals surface area contributed by atoms with Gasteiger partial charge >= 0.3 is 17.9 Å². The van der Waals surface area contributed by atoms with E-state index in [0.29, 0.717) is 12.8 Å².